The van der Waals surface area contributed by atoms with Crippen molar-refractivity contribution < 1.29 is 4.52 Å². The molecule has 0 saturated carbocycles. The van der Waals surface area contributed by atoms with Crippen LogP contribution in [0.25, 0.3) is 0 Å². The molecule has 0 aliphatic rings. The van der Waals surface area contributed by atoms with E-state index in [1.807, 2.05) is 37.3 Å². The van der Waals surface area contributed by atoms with Gasteiger partial charge in [-0.1, -0.05) is 35.5 Å². The number of benzene rings is 1. The van der Waals surface area contributed by atoms with Crippen LogP contribution in [0.3, 0.4) is 0 Å². The first kappa shape index (κ1) is 12.7. The molecule has 0 amide bonds. The summed E-state index contributed by atoms with van der Waals surface area (Å²) in [6.45, 7) is 1.82. The lowest BCUT2D eigenvalue weighted by atomic mass is 10.1. The number of aromatic nitrogens is 2. The van der Waals surface area contributed by atoms with Crippen molar-refractivity contribution in [2.24, 2.45) is 5.73 Å². The van der Waals surface area contributed by atoms with Gasteiger partial charge in [0.1, 0.15) is 0 Å². The normalized spacial score (nSPS) is 11.9. The summed E-state index contributed by atoms with van der Waals surface area (Å²) < 4.78 is 5.01. The minimum absolute atomic E-state index is 0. The van der Waals surface area contributed by atoms with Crippen molar-refractivity contribution in [1.82, 2.24) is 10.1 Å². The Labute approximate surface area is 100 Å². The summed E-state index contributed by atoms with van der Waals surface area (Å²) in [4.78, 5) is 4.20. The van der Waals surface area contributed by atoms with Crippen LogP contribution in [0.5, 0.6) is 0 Å². The van der Waals surface area contributed by atoms with Crippen LogP contribution < -0.4 is 5.73 Å². The highest BCUT2D eigenvalue weighted by Crippen LogP contribution is 2.09. The Morgan fingerprint density at radius 2 is 2.00 bits per heavy atom. The predicted octanol–water partition coefficient (Wildman–Crippen LogP) is 2.10. The molecule has 2 rings (SSSR count). The molecule has 0 bridgehead atoms. The molecule has 1 aromatic heterocycles. The van der Waals surface area contributed by atoms with E-state index in [2.05, 4.69) is 10.1 Å². The number of nitrogens with zero attached hydrogens (tertiary/aromatic N) is 2. The van der Waals surface area contributed by atoms with Gasteiger partial charge in [-0.3, -0.25) is 0 Å². The van der Waals surface area contributed by atoms with Crippen LogP contribution in [0.1, 0.15) is 30.2 Å². The van der Waals surface area contributed by atoms with E-state index in [1.165, 1.54) is 0 Å². The Morgan fingerprint density at radius 1 is 1.31 bits per heavy atom. The Balaban J connectivity index is 0.00000128. The van der Waals surface area contributed by atoms with Crippen molar-refractivity contribution in [2.45, 2.75) is 19.4 Å². The molecule has 1 atom stereocenters. The number of rotatable bonds is 3. The van der Waals surface area contributed by atoms with Crippen molar-refractivity contribution in [3.05, 3.63) is 47.6 Å². The average molecular weight is 240 g/mol. The zero-order valence-corrected chi connectivity index (χ0v) is 9.78. The highest BCUT2D eigenvalue weighted by atomic mass is 35.5. The molecular formula is C11H14ClN3O. The number of hydrogen-bond donors (Lipinski definition) is 1. The second-order valence-corrected chi connectivity index (χ2v) is 3.50. The zero-order chi connectivity index (χ0) is 10.7. The number of nitrogens with two attached hydrogens (primary N) is 1. The van der Waals surface area contributed by atoms with Gasteiger partial charge in [0.25, 0.3) is 0 Å². The fourth-order valence-electron chi connectivity index (χ4n) is 1.30. The molecule has 0 saturated heterocycles. The van der Waals surface area contributed by atoms with Crippen molar-refractivity contribution in [2.75, 3.05) is 0 Å². The van der Waals surface area contributed by atoms with E-state index in [0.29, 0.717) is 18.1 Å². The third-order valence-electron chi connectivity index (χ3n) is 2.08. The molecule has 0 radical (unpaired) electrons. The summed E-state index contributed by atoms with van der Waals surface area (Å²) in [5, 5.41) is 3.87. The summed E-state index contributed by atoms with van der Waals surface area (Å²) in [7, 11) is 0. The van der Waals surface area contributed by atoms with Crippen LogP contribution in [0.2, 0.25) is 0 Å². The summed E-state index contributed by atoms with van der Waals surface area (Å²) >= 11 is 0. The van der Waals surface area contributed by atoms with Gasteiger partial charge in [0.05, 0.1) is 6.04 Å². The third-order valence-corrected chi connectivity index (χ3v) is 2.08. The quantitative estimate of drug-likeness (QED) is 0.891. The van der Waals surface area contributed by atoms with Crippen molar-refractivity contribution in [1.29, 1.82) is 0 Å². The fourth-order valence-corrected chi connectivity index (χ4v) is 1.30. The molecule has 0 aliphatic carbocycles. The Morgan fingerprint density at radius 3 is 2.56 bits per heavy atom. The number of hydrogen-bond acceptors (Lipinski definition) is 4. The lowest BCUT2D eigenvalue weighted by molar-refractivity contribution is 0.358. The molecule has 4 nitrogen and oxygen atoms in total. The number of halogens is 1. The lowest BCUT2D eigenvalue weighted by Crippen LogP contribution is -2.05. The van der Waals surface area contributed by atoms with Crippen LogP contribution in [-0.2, 0) is 6.42 Å². The van der Waals surface area contributed by atoms with E-state index < -0.39 is 0 Å². The lowest BCUT2D eigenvalue weighted by Gasteiger charge is -1.95. The Hall–Kier alpha value is -1.39. The first-order valence-corrected chi connectivity index (χ1v) is 4.87. The largest absolute Gasteiger partial charge is 0.338 e. The van der Waals surface area contributed by atoms with E-state index in [9.17, 15) is 0 Å². The first-order valence-electron chi connectivity index (χ1n) is 4.87. The van der Waals surface area contributed by atoms with E-state index >= 15 is 0 Å². The molecule has 16 heavy (non-hydrogen) atoms. The smallest absolute Gasteiger partial charge is 0.243 e. The van der Waals surface area contributed by atoms with E-state index in [1.54, 1.807) is 0 Å². The topological polar surface area (TPSA) is 64.9 Å². The highest BCUT2D eigenvalue weighted by molar-refractivity contribution is 5.85. The molecule has 1 unspecified atom stereocenters. The maximum atomic E-state index is 5.62. The molecule has 5 heteroatoms. The molecule has 2 N–H and O–H groups in total. The second-order valence-electron chi connectivity index (χ2n) is 3.50. The van der Waals surface area contributed by atoms with Crippen LogP contribution in [0.4, 0.5) is 0 Å². The van der Waals surface area contributed by atoms with Crippen LogP contribution in [-0.4, -0.2) is 10.1 Å². The van der Waals surface area contributed by atoms with Gasteiger partial charge < -0.3 is 10.3 Å². The minimum Gasteiger partial charge on any atom is -0.338 e. The molecule has 1 heterocycles. The molecule has 86 valence electrons. The zero-order valence-electron chi connectivity index (χ0n) is 8.96. The molecule has 2 aromatic rings. The van der Waals surface area contributed by atoms with Crippen molar-refractivity contribution in [3.63, 3.8) is 0 Å². The summed E-state index contributed by atoms with van der Waals surface area (Å²) in [6.07, 6.45) is 0.678. The van der Waals surface area contributed by atoms with Gasteiger partial charge >= 0.3 is 0 Å². The van der Waals surface area contributed by atoms with Gasteiger partial charge in [0.2, 0.25) is 5.89 Å². The molecule has 1 aromatic carbocycles. The monoisotopic (exact) mass is 239 g/mol. The average Bonchev–Trinajstić information content (AvgIpc) is 2.68. The Kier molecular flexibility index (Phi) is 4.46. The summed E-state index contributed by atoms with van der Waals surface area (Å²) in [5.41, 5.74) is 6.79. The van der Waals surface area contributed by atoms with Crippen LogP contribution >= 0.6 is 12.4 Å². The molecular weight excluding hydrogens is 226 g/mol. The standard InChI is InChI=1S/C11H13N3O.ClH/c1-8(12)11-13-10(14-15-11)7-9-5-3-2-4-6-9;/h2-6,8H,7,12H2,1H3;1H. The molecule has 0 spiro atoms. The van der Waals surface area contributed by atoms with Gasteiger partial charge in [-0.25, -0.2) is 0 Å². The van der Waals surface area contributed by atoms with Gasteiger partial charge in [-0.15, -0.1) is 12.4 Å². The minimum atomic E-state index is -0.206. The maximum Gasteiger partial charge on any atom is 0.243 e. The Bertz CT molecular complexity index is 428. The molecule has 0 fully saturated rings. The summed E-state index contributed by atoms with van der Waals surface area (Å²) in [5.74, 6) is 1.16. The van der Waals surface area contributed by atoms with Crippen molar-refractivity contribution in [3.8, 4) is 0 Å². The fraction of sp³-hybridized carbons (Fsp3) is 0.273. The summed E-state index contributed by atoms with van der Waals surface area (Å²) in [6, 6.07) is 9.81. The second kappa shape index (κ2) is 5.63. The van der Waals surface area contributed by atoms with E-state index in [4.69, 9.17) is 10.3 Å². The maximum absolute atomic E-state index is 5.62. The SMILES string of the molecule is CC(N)c1nc(Cc2ccccc2)no1.Cl. The van der Waals surface area contributed by atoms with Crippen molar-refractivity contribution >= 4 is 12.4 Å². The van der Waals surface area contributed by atoms with E-state index in [-0.39, 0.29) is 18.4 Å². The van der Waals surface area contributed by atoms with Gasteiger partial charge in [0, 0.05) is 6.42 Å². The van der Waals surface area contributed by atoms with Gasteiger partial charge in [-0.05, 0) is 12.5 Å². The predicted molar refractivity (Wildman–Crippen MR) is 63.4 cm³/mol. The van der Waals surface area contributed by atoms with E-state index in [0.717, 1.165) is 5.56 Å². The van der Waals surface area contributed by atoms with Gasteiger partial charge in [-0.2, -0.15) is 4.98 Å². The molecule has 0 aliphatic heterocycles. The van der Waals surface area contributed by atoms with Gasteiger partial charge in [0.15, 0.2) is 5.82 Å². The van der Waals surface area contributed by atoms with Crippen LogP contribution in [0, 0.1) is 0 Å². The third kappa shape index (κ3) is 3.05. The first-order chi connectivity index (χ1) is 7.25. The van der Waals surface area contributed by atoms with Crippen LogP contribution in [0.15, 0.2) is 34.9 Å². The highest BCUT2D eigenvalue weighted by Gasteiger charge is 2.09.